The molecule has 0 saturated carbocycles. The highest BCUT2D eigenvalue weighted by Gasteiger charge is 2.26. The number of rotatable bonds is 5. The minimum atomic E-state index is 0.926. The Bertz CT molecular complexity index is 2510. The van der Waals surface area contributed by atoms with Crippen molar-refractivity contribution in [2.24, 2.45) is 0 Å². The standard InChI is InChI=1S/C47H35NS/c1-2-10-31(11-3-1)32-22-26-36(27-23-32)48(44-18-9-16-41-43(44)30-35-21-20-33-12-4-5-13-38(33)46(35)41)37-28-24-34(25-29-37)39-15-8-17-42-40-14-6-7-19-45(40)49-47(39)42/h2,4-5,7-13,15-29H,1,3,6,14,30H2. The van der Waals surface area contributed by atoms with E-state index < -0.39 is 0 Å². The molecule has 0 amide bonds. The fourth-order valence-electron chi connectivity index (χ4n) is 8.25. The lowest BCUT2D eigenvalue weighted by molar-refractivity contribution is 1.01. The second kappa shape index (κ2) is 11.6. The summed E-state index contributed by atoms with van der Waals surface area (Å²) >= 11 is 1.94. The fraction of sp³-hybridized carbons (Fsp3) is 0.106. The molecule has 234 valence electrons. The summed E-state index contributed by atoms with van der Waals surface area (Å²) in [4.78, 5) is 3.90. The Morgan fingerprint density at radius 2 is 1.31 bits per heavy atom. The van der Waals surface area contributed by atoms with E-state index in [2.05, 4.69) is 157 Å². The van der Waals surface area contributed by atoms with Crippen LogP contribution in [0.2, 0.25) is 0 Å². The highest BCUT2D eigenvalue weighted by molar-refractivity contribution is 7.20. The summed E-state index contributed by atoms with van der Waals surface area (Å²) in [6.45, 7) is 0. The molecule has 1 nitrogen and oxygen atoms in total. The Hall–Kier alpha value is -5.44. The molecule has 2 heteroatoms. The Labute approximate surface area is 291 Å². The first kappa shape index (κ1) is 28.6. The number of hydrogen-bond donors (Lipinski definition) is 0. The Kier molecular flexibility index (Phi) is 6.77. The van der Waals surface area contributed by atoms with Gasteiger partial charge in [-0.2, -0.15) is 0 Å². The molecule has 3 aliphatic carbocycles. The average molecular weight is 646 g/mol. The van der Waals surface area contributed by atoms with Crippen LogP contribution in [0, 0.1) is 0 Å². The van der Waals surface area contributed by atoms with E-state index in [4.69, 9.17) is 0 Å². The normalized spacial score (nSPS) is 14.5. The van der Waals surface area contributed by atoms with E-state index in [-0.39, 0.29) is 0 Å². The Balaban J connectivity index is 1.10. The highest BCUT2D eigenvalue weighted by atomic mass is 32.1. The second-order valence-electron chi connectivity index (χ2n) is 13.4. The van der Waals surface area contributed by atoms with Gasteiger partial charge < -0.3 is 4.90 Å². The summed E-state index contributed by atoms with van der Waals surface area (Å²) in [7, 11) is 0. The monoisotopic (exact) mass is 645 g/mol. The van der Waals surface area contributed by atoms with E-state index in [1.54, 1.807) is 0 Å². The summed E-state index contributed by atoms with van der Waals surface area (Å²) in [6.07, 6.45) is 17.0. The van der Waals surface area contributed by atoms with Gasteiger partial charge in [0.25, 0.3) is 0 Å². The maximum absolute atomic E-state index is 2.47. The van der Waals surface area contributed by atoms with Crippen LogP contribution in [0.1, 0.15) is 46.4 Å². The van der Waals surface area contributed by atoms with Gasteiger partial charge in [0.05, 0.1) is 5.69 Å². The topological polar surface area (TPSA) is 3.24 Å². The van der Waals surface area contributed by atoms with Crippen molar-refractivity contribution in [3.05, 3.63) is 173 Å². The molecule has 49 heavy (non-hydrogen) atoms. The van der Waals surface area contributed by atoms with E-state index >= 15 is 0 Å². The molecule has 0 aliphatic heterocycles. The van der Waals surface area contributed by atoms with Gasteiger partial charge in [0, 0.05) is 27.4 Å². The zero-order valence-electron chi connectivity index (χ0n) is 27.3. The van der Waals surface area contributed by atoms with Gasteiger partial charge in [0.2, 0.25) is 0 Å². The summed E-state index contributed by atoms with van der Waals surface area (Å²) < 4.78 is 1.40. The van der Waals surface area contributed by atoms with E-state index in [1.165, 1.54) is 92.9 Å². The van der Waals surface area contributed by atoms with Crippen molar-refractivity contribution in [3.8, 4) is 22.3 Å². The van der Waals surface area contributed by atoms with Crippen LogP contribution >= 0.6 is 11.3 Å². The Morgan fingerprint density at radius 3 is 2.14 bits per heavy atom. The molecule has 10 rings (SSSR count). The third-order valence-corrected chi connectivity index (χ3v) is 11.9. The largest absolute Gasteiger partial charge is 0.310 e. The van der Waals surface area contributed by atoms with Crippen LogP contribution in [0.4, 0.5) is 17.1 Å². The van der Waals surface area contributed by atoms with Crippen molar-refractivity contribution in [1.82, 2.24) is 0 Å². The first-order chi connectivity index (χ1) is 24.3. The van der Waals surface area contributed by atoms with Gasteiger partial charge in [0.15, 0.2) is 0 Å². The van der Waals surface area contributed by atoms with Gasteiger partial charge in [-0.05, 0) is 128 Å². The quantitative estimate of drug-likeness (QED) is 0.180. The summed E-state index contributed by atoms with van der Waals surface area (Å²) in [5, 5.41) is 4.05. The molecule has 7 aromatic rings. The molecule has 1 aromatic heterocycles. The smallest absolute Gasteiger partial charge is 0.0503 e. The molecule has 0 radical (unpaired) electrons. The lowest BCUT2D eigenvalue weighted by Crippen LogP contribution is -2.12. The van der Waals surface area contributed by atoms with Gasteiger partial charge in [-0.25, -0.2) is 0 Å². The number of aryl methyl sites for hydroxylation is 1. The van der Waals surface area contributed by atoms with Crippen molar-refractivity contribution in [1.29, 1.82) is 0 Å². The highest BCUT2D eigenvalue weighted by Crippen LogP contribution is 2.48. The van der Waals surface area contributed by atoms with E-state index in [0.29, 0.717) is 0 Å². The van der Waals surface area contributed by atoms with Gasteiger partial charge in [0.1, 0.15) is 0 Å². The maximum Gasteiger partial charge on any atom is 0.0503 e. The van der Waals surface area contributed by atoms with Crippen LogP contribution in [0.25, 0.3) is 54.8 Å². The van der Waals surface area contributed by atoms with Crippen LogP contribution < -0.4 is 4.90 Å². The molecule has 0 unspecified atom stereocenters. The number of anilines is 3. The van der Waals surface area contributed by atoms with E-state index in [9.17, 15) is 0 Å². The minimum Gasteiger partial charge on any atom is -0.310 e. The van der Waals surface area contributed by atoms with Crippen LogP contribution in [-0.4, -0.2) is 0 Å². The summed E-state index contributed by atoms with van der Waals surface area (Å²) in [6, 6.07) is 45.6. The van der Waals surface area contributed by atoms with Crippen LogP contribution in [0.3, 0.4) is 0 Å². The van der Waals surface area contributed by atoms with Crippen LogP contribution in [-0.2, 0) is 12.8 Å². The average Bonchev–Trinajstić information content (AvgIpc) is 3.75. The first-order valence-electron chi connectivity index (χ1n) is 17.5. The molecule has 1 heterocycles. The van der Waals surface area contributed by atoms with Crippen molar-refractivity contribution < 1.29 is 0 Å². The van der Waals surface area contributed by atoms with Crippen molar-refractivity contribution in [3.63, 3.8) is 0 Å². The predicted octanol–water partition coefficient (Wildman–Crippen LogP) is 13.5. The lowest BCUT2D eigenvalue weighted by Gasteiger charge is -2.28. The molecular formula is C47H35NS. The summed E-state index contributed by atoms with van der Waals surface area (Å²) in [5.41, 5.74) is 15.8. The van der Waals surface area contributed by atoms with Gasteiger partial charge in [-0.1, -0.05) is 115 Å². The first-order valence-corrected chi connectivity index (χ1v) is 18.3. The molecule has 0 spiro atoms. The number of benzene rings is 6. The predicted molar refractivity (Wildman–Crippen MR) is 211 cm³/mol. The Morgan fingerprint density at radius 1 is 0.551 bits per heavy atom. The molecule has 0 saturated heterocycles. The maximum atomic E-state index is 2.47. The molecule has 0 atom stereocenters. The van der Waals surface area contributed by atoms with Crippen LogP contribution in [0.15, 0.2) is 146 Å². The molecule has 0 fully saturated rings. The number of thiophene rings is 1. The van der Waals surface area contributed by atoms with Crippen LogP contribution in [0.5, 0.6) is 0 Å². The lowest BCUT2D eigenvalue weighted by atomic mass is 9.97. The minimum absolute atomic E-state index is 0.926. The van der Waals surface area contributed by atoms with Gasteiger partial charge >= 0.3 is 0 Å². The third-order valence-electron chi connectivity index (χ3n) is 10.6. The molecule has 3 aliphatic rings. The fourth-order valence-corrected chi connectivity index (χ4v) is 9.57. The molecular weight excluding hydrogens is 611 g/mol. The number of nitrogens with zero attached hydrogens (tertiary/aromatic N) is 1. The SMILES string of the molecule is C1=CC(c2ccc(N(c3ccc(-c4cccc5c6c(sc45)C=CCC6)cc3)c3cccc4c3Cc3ccc5ccccc5c3-4)cc2)=CCC1. The summed E-state index contributed by atoms with van der Waals surface area (Å²) in [5.74, 6) is 0. The van der Waals surface area contributed by atoms with Crippen molar-refractivity contribution >= 4 is 60.9 Å². The van der Waals surface area contributed by atoms with Crippen molar-refractivity contribution in [2.75, 3.05) is 4.90 Å². The number of fused-ring (bicyclic) bond motifs is 8. The van der Waals surface area contributed by atoms with E-state index in [0.717, 1.165) is 32.1 Å². The molecule has 6 aromatic carbocycles. The third kappa shape index (κ3) is 4.74. The molecule has 0 bridgehead atoms. The zero-order chi connectivity index (χ0) is 32.3. The zero-order valence-corrected chi connectivity index (χ0v) is 28.1. The molecule has 0 N–H and O–H groups in total. The van der Waals surface area contributed by atoms with Crippen molar-refractivity contribution in [2.45, 2.75) is 32.1 Å². The van der Waals surface area contributed by atoms with Gasteiger partial charge in [-0.3, -0.25) is 0 Å². The number of hydrogen-bond acceptors (Lipinski definition) is 2. The van der Waals surface area contributed by atoms with E-state index in [1.807, 2.05) is 11.3 Å². The van der Waals surface area contributed by atoms with Gasteiger partial charge in [-0.15, -0.1) is 11.3 Å². The number of allylic oxidation sites excluding steroid dienone is 5. The second-order valence-corrected chi connectivity index (χ2v) is 14.5.